The van der Waals surface area contributed by atoms with Gasteiger partial charge in [0.2, 0.25) is 5.88 Å². The third-order valence-electron chi connectivity index (χ3n) is 10.7. The molecule has 3 aromatic heterocycles. The van der Waals surface area contributed by atoms with Crippen LogP contribution in [0, 0.1) is 23.7 Å². The van der Waals surface area contributed by atoms with Crippen LogP contribution in [-0.2, 0) is 10.0 Å². The summed E-state index contributed by atoms with van der Waals surface area (Å²) in [4.78, 5) is 25.0. The topological polar surface area (TPSA) is 131 Å². The molecule has 0 aromatic carbocycles. The molecule has 2 N–H and O–H groups in total. The number of hydrogen-bond donors (Lipinski definition) is 2. The molecule has 246 valence electrons. The van der Waals surface area contributed by atoms with Crippen molar-refractivity contribution in [3.05, 3.63) is 48.2 Å². The summed E-state index contributed by atoms with van der Waals surface area (Å²) < 4.78 is 36.6. The van der Waals surface area contributed by atoms with Crippen LogP contribution in [0.4, 0.5) is 11.6 Å². The predicted molar refractivity (Wildman–Crippen MR) is 176 cm³/mol. The maximum Gasteiger partial charge on any atom is 0.281 e. The Bertz CT molecular complexity index is 1670. The first-order valence-corrected chi connectivity index (χ1v) is 18.4. The summed E-state index contributed by atoms with van der Waals surface area (Å²) >= 11 is 0. The van der Waals surface area contributed by atoms with E-state index in [-0.39, 0.29) is 16.1 Å². The monoisotopic (exact) mass is 647 g/mol. The Morgan fingerprint density at radius 1 is 1.00 bits per heavy atom. The molecule has 3 fully saturated rings. The van der Waals surface area contributed by atoms with Gasteiger partial charge in [-0.2, -0.15) is 8.42 Å². The quantitative estimate of drug-likeness (QED) is 0.338. The Labute approximate surface area is 271 Å². The molecule has 2 aliphatic carbocycles. The number of amides is 1. The molecular weight excluding hydrogens is 602 g/mol. The minimum Gasteiger partial charge on any atom is -0.477 e. The van der Waals surface area contributed by atoms with E-state index in [1.54, 1.807) is 28.9 Å². The lowest BCUT2D eigenvalue weighted by Crippen LogP contribution is -2.41. The molecule has 1 atom stereocenters. The summed E-state index contributed by atoms with van der Waals surface area (Å²) in [6, 6.07) is 9.92. The van der Waals surface area contributed by atoms with E-state index in [0.29, 0.717) is 48.9 Å². The van der Waals surface area contributed by atoms with Crippen molar-refractivity contribution in [3.8, 4) is 11.7 Å². The van der Waals surface area contributed by atoms with Gasteiger partial charge in [-0.25, -0.2) is 19.4 Å². The fourth-order valence-electron chi connectivity index (χ4n) is 7.81. The Morgan fingerprint density at radius 2 is 1.78 bits per heavy atom. The van der Waals surface area contributed by atoms with E-state index in [2.05, 4.69) is 38.9 Å². The number of carbonyl (C=O) groups excluding carboxylic acids is 1. The summed E-state index contributed by atoms with van der Waals surface area (Å²) in [5.41, 5.74) is -0.108. The maximum absolute atomic E-state index is 13.7. The molecule has 2 saturated carbocycles. The van der Waals surface area contributed by atoms with Gasteiger partial charge in [-0.1, -0.05) is 44.6 Å². The molecule has 4 aliphatic rings. The third kappa shape index (κ3) is 6.32. The van der Waals surface area contributed by atoms with E-state index < -0.39 is 15.9 Å². The first-order valence-electron chi connectivity index (χ1n) is 16.9. The molecule has 4 bridgehead atoms. The Balaban J connectivity index is 1.15. The number of hydrogen-bond acceptors (Lipinski definition) is 9. The molecule has 0 spiro atoms. The number of aromatic nitrogens is 4. The SMILES string of the molecule is CC1(C)C[C@@H]2CCCNc3cccc(n3)S(=O)(=O)NC(=O)c3ccc(-n4ccc(OCCC(C5CCC5)C5CCC5)n4)nc3N1C2. The lowest BCUT2D eigenvalue weighted by Gasteiger charge is -2.42. The Hall–Kier alpha value is -3.67. The van der Waals surface area contributed by atoms with Gasteiger partial charge in [-0.05, 0) is 87.5 Å². The van der Waals surface area contributed by atoms with Gasteiger partial charge in [-0.15, -0.1) is 5.10 Å². The Morgan fingerprint density at radius 3 is 2.52 bits per heavy atom. The number of nitrogens with one attached hydrogen (secondary N) is 2. The van der Waals surface area contributed by atoms with Crippen molar-refractivity contribution in [2.45, 2.75) is 88.6 Å². The molecule has 3 aromatic rings. The largest absolute Gasteiger partial charge is 0.477 e. The van der Waals surface area contributed by atoms with E-state index in [1.807, 2.05) is 12.3 Å². The molecule has 1 saturated heterocycles. The molecule has 2 aliphatic heterocycles. The van der Waals surface area contributed by atoms with E-state index in [4.69, 9.17) is 9.72 Å². The first kappa shape index (κ1) is 31.0. The van der Waals surface area contributed by atoms with Crippen molar-refractivity contribution in [1.29, 1.82) is 0 Å². The van der Waals surface area contributed by atoms with Gasteiger partial charge in [0.1, 0.15) is 11.6 Å². The zero-order valence-corrected chi connectivity index (χ0v) is 27.6. The fraction of sp³-hybridized carbons (Fsp3) is 0.588. The van der Waals surface area contributed by atoms with Gasteiger partial charge in [0.05, 0.1) is 12.2 Å². The van der Waals surface area contributed by atoms with Crippen LogP contribution in [0.25, 0.3) is 5.82 Å². The summed E-state index contributed by atoms with van der Waals surface area (Å²) in [7, 11) is -4.23. The van der Waals surface area contributed by atoms with Crippen molar-refractivity contribution in [1.82, 2.24) is 24.5 Å². The predicted octanol–water partition coefficient (Wildman–Crippen LogP) is 5.58. The highest BCUT2D eigenvalue weighted by molar-refractivity contribution is 7.90. The van der Waals surface area contributed by atoms with Crippen LogP contribution in [0.3, 0.4) is 0 Å². The first-order chi connectivity index (χ1) is 22.2. The molecule has 11 nitrogen and oxygen atoms in total. The molecule has 7 rings (SSSR count). The van der Waals surface area contributed by atoms with Crippen molar-refractivity contribution >= 4 is 27.6 Å². The lowest BCUT2D eigenvalue weighted by atomic mass is 9.63. The van der Waals surface area contributed by atoms with Crippen molar-refractivity contribution < 1.29 is 17.9 Å². The average molecular weight is 648 g/mol. The average Bonchev–Trinajstić information content (AvgIpc) is 3.56. The van der Waals surface area contributed by atoms with E-state index >= 15 is 0 Å². The fourth-order valence-corrected chi connectivity index (χ4v) is 8.74. The van der Waals surface area contributed by atoms with Crippen LogP contribution in [-0.4, -0.2) is 59.3 Å². The third-order valence-corrected chi connectivity index (χ3v) is 11.9. The van der Waals surface area contributed by atoms with Gasteiger partial charge in [0.25, 0.3) is 15.9 Å². The van der Waals surface area contributed by atoms with Gasteiger partial charge in [0.15, 0.2) is 10.8 Å². The van der Waals surface area contributed by atoms with Gasteiger partial charge < -0.3 is 15.0 Å². The second kappa shape index (κ2) is 12.5. The van der Waals surface area contributed by atoms with Gasteiger partial charge in [-0.3, -0.25) is 4.79 Å². The molecule has 1 amide bonds. The summed E-state index contributed by atoms with van der Waals surface area (Å²) in [5.74, 6) is 4.10. The zero-order chi connectivity index (χ0) is 31.9. The number of sulfonamides is 1. The number of rotatable bonds is 7. The molecule has 12 heteroatoms. The normalized spacial score (nSPS) is 22.9. The van der Waals surface area contributed by atoms with Crippen LogP contribution in [0.5, 0.6) is 5.88 Å². The van der Waals surface area contributed by atoms with Crippen molar-refractivity contribution in [3.63, 3.8) is 0 Å². The number of nitrogens with zero attached hydrogens (tertiary/aromatic N) is 5. The minimum absolute atomic E-state index is 0.187. The highest BCUT2D eigenvalue weighted by Gasteiger charge is 2.41. The summed E-state index contributed by atoms with van der Waals surface area (Å²) in [6.07, 6.45) is 13.9. The van der Waals surface area contributed by atoms with Gasteiger partial charge >= 0.3 is 0 Å². The molecule has 5 heterocycles. The second-order valence-electron chi connectivity index (χ2n) is 14.2. The number of anilines is 2. The smallest absolute Gasteiger partial charge is 0.281 e. The van der Waals surface area contributed by atoms with E-state index in [9.17, 15) is 13.2 Å². The van der Waals surface area contributed by atoms with Crippen molar-refractivity contribution in [2.75, 3.05) is 29.9 Å². The van der Waals surface area contributed by atoms with E-state index in [1.165, 1.54) is 44.6 Å². The molecule has 0 unspecified atom stereocenters. The standard InChI is InChI=1S/C34H45N7O4S/c1-34(2)21-23-7-6-18-35-28-12-5-13-31(36-28)46(43,44)39-33(42)27-14-15-29(37-32(27)40(34)22-23)41-19-16-30(38-41)45-20-17-26(24-8-3-9-24)25-10-4-11-25/h5,12-16,19,23-26H,3-4,6-11,17-18,20-22H2,1-2H3,(H,35,36)(H,39,42)/t23-/m0/s1. The molecule has 46 heavy (non-hydrogen) atoms. The minimum atomic E-state index is -4.23. The van der Waals surface area contributed by atoms with Crippen LogP contribution in [0.1, 0.15) is 88.4 Å². The number of pyridine rings is 2. The van der Waals surface area contributed by atoms with Crippen LogP contribution in [0.2, 0.25) is 0 Å². The van der Waals surface area contributed by atoms with Crippen molar-refractivity contribution in [2.24, 2.45) is 23.7 Å². The van der Waals surface area contributed by atoms with Crippen LogP contribution in [0.15, 0.2) is 47.6 Å². The van der Waals surface area contributed by atoms with E-state index in [0.717, 1.165) is 43.4 Å². The van der Waals surface area contributed by atoms with Crippen LogP contribution >= 0.6 is 0 Å². The zero-order valence-electron chi connectivity index (χ0n) is 26.8. The summed E-state index contributed by atoms with van der Waals surface area (Å²) in [5, 5.41) is 7.69. The highest BCUT2D eigenvalue weighted by atomic mass is 32.2. The highest BCUT2D eigenvalue weighted by Crippen LogP contribution is 2.46. The molecule has 0 radical (unpaired) electrons. The molecular formula is C34H45N7O4S. The lowest BCUT2D eigenvalue weighted by molar-refractivity contribution is 0.0720. The Kier molecular flexibility index (Phi) is 8.41. The second-order valence-corrected chi connectivity index (χ2v) is 15.8. The van der Waals surface area contributed by atoms with Crippen LogP contribution < -0.4 is 19.7 Å². The summed E-state index contributed by atoms with van der Waals surface area (Å²) in [6.45, 7) is 6.33. The number of carbonyl (C=O) groups is 1. The maximum atomic E-state index is 13.7. The number of fused-ring (bicyclic) bond motifs is 6. The number of ether oxygens (including phenoxy) is 1. The van der Waals surface area contributed by atoms with Gasteiger partial charge in [0, 0.05) is 30.9 Å².